The molecule has 118 valence electrons. The molecule has 0 fully saturated rings. The molecule has 2 rings (SSSR count). The van der Waals surface area contributed by atoms with Gasteiger partial charge in [-0.25, -0.2) is 0 Å². The van der Waals surface area contributed by atoms with Gasteiger partial charge in [-0.1, -0.05) is 32.8 Å². The highest BCUT2D eigenvalue weighted by atomic mass is 16.5. The fourth-order valence-corrected chi connectivity index (χ4v) is 3.34. The lowest BCUT2D eigenvalue weighted by molar-refractivity contribution is 0.376. The lowest BCUT2D eigenvalue weighted by atomic mass is 9.87. The van der Waals surface area contributed by atoms with Crippen molar-refractivity contribution < 1.29 is 4.74 Å². The summed E-state index contributed by atoms with van der Waals surface area (Å²) in [5.41, 5.74) is 2.95. The van der Waals surface area contributed by atoms with E-state index in [0.29, 0.717) is 12.1 Å². The standard InChI is InChI=1S/C19H31NO/c1-14(2)7-5-8-15(3)20-19-10-6-9-16-11-12-17(21-4)13-18(16)19/h11-15,19-20H,5-10H2,1-4H3. The predicted octanol–water partition coefficient (Wildman–Crippen LogP) is 4.88. The van der Waals surface area contributed by atoms with Gasteiger partial charge < -0.3 is 10.1 Å². The first-order valence-electron chi connectivity index (χ1n) is 8.53. The Labute approximate surface area is 130 Å². The van der Waals surface area contributed by atoms with Gasteiger partial charge in [-0.2, -0.15) is 0 Å². The zero-order valence-corrected chi connectivity index (χ0v) is 14.1. The number of hydrogen-bond acceptors (Lipinski definition) is 2. The smallest absolute Gasteiger partial charge is 0.119 e. The van der Waals surface area contributed by atoms with Crippen LogP contribution in [0.2, 0.25) is 0 Å². The predicted molar refractivity (Wildman–Crippen MR) is 90.0 cm³/mol. The Bertz CT molecular complexity index is 441. The molecule has 0 amide bonds. The van der Waals surface area contributed by atoms with Gasteiger partial charge in [-0.15, -0.1) is 0 Å². The molecule has 0 saturated heterocycles. The van der Waals surface area contributed by atoms with Crippen molar-refractivity contribution in [3.05, 3.63) is 29.3 Å². The van der Waals surface area contributed by atoms with Crippen LogP contribution in [0.5, 0.6) is 5.75 Å². The van der Waals surface area contributed by atoms with E-state index in [4.69, 9.17) is 4.74 Å². The van der Waals surface area contributed by atoms with Crippen molar-refractivity contribution in [2.24, 2.45) is 5.92 Å². The summed E-state index contributed by atoms with van der Waals surface area (Å²) in [6.07, 6.45) is 7.67. The molecule has 2 unspecified atom stereocenters. The molecule has 0 saturated carbocycles. The molecular weight excluding hydrogens is 258 g/mol. The molecule has 2 atom stereocenters. The van der Waals surface area contributed by atoms with Gasteiger partial charge in [0.15, 0.2) is 0 Å². The highest BCUT2D eigenvalue weighted by Gasteiger charge is 2.21. The molecule has 0 heterocycles. The zero-order valence-electron chi connectivity index (χ0n) is 14.1. The third kappa shape index (κ3) is 4.74. The van der Waals surface area contributed by atoms with E-state index in [2.05, 4.69) is 44.3 Å². The first-order chi connectivity index (χ1) is 10.1. The fourth-order valence-electron chi connectivity index (χ4n) is 3.34. The average Bonchev–Trinajstić information content (AvgIpc) is 2.46. The summed E-state index contributed by atoms with van der Waals surface area (Å²) in [6.45, 7) is 6.94. The maximum atomic E-state index is 5.40. The van der Waals surface area contributed by atoms with Crippen LogP contribution in [0.25, 0.3) is 0 Å². The van der Waals surface area contributed by atoms with Crippen LogP contribution in [0.15, 0.2) is 18.2 Å². The van der Waals surface area contributed by atoms with Crippen molar-refractivity contribution in [3.8, 4) is 5.75 Å². The summed E-state index contributed by atoms with van der Waals surface area (Å²) in [5.74, 6) is 1.80. The summed E-state index contributed by atoms with van der Waals surface area (Å²) in [5, 5.41) is 3.84. The minimum Gasteiger partial charge on any atom is -0.497 e. The van der Waals surface area contributed by atoms with E-state index in [1.54, 1.807) is 7.11 Å². The average molecular weight is 289 g/mol. The van der Waals surface area contributed by atoms with Crippen LogP contribution in [-0.2, 0) is 6.42 Å². The lowest BCUT2D eigenvalue weighted by Crippen LogP contribution is -2.32. The van der Waals surface area contributed by atoms with Crippen LogP contribution in [0, 0.1) is 5.92 Å². The first-order valence-corrected chi connectivity index (χ1v) is 8.53. The number of rotatable bonds is 7. The molecule has 2 nitrogen and oxygen atoms in total. The van der Waals surface area contributed by atoms with E-state index in [-0.39, 0.29) is 0 Å². The molecular formula is C19H31NO. The molecule has 0 aromatic heterocycles. The summed E-state index contributed by atoms with van der Waals surface area (Å²) in [6, 6.07) is 7.65. The first kappa shape index (κ1) is 16.4. The normalized spacial score (nSPS) is 19.4. The van der Waals surface area contributed by atoms with Gasteiger partial charge in [0.25, 0.3) is 0 Å². The van der Waals surface area contributed by atoms with Gasteiger partial charge in [0.05, 0.1) is 7.11 Å². The highest BCUT2D eigenvalue weighted by Crippen LogP contribution is 2.33. The van der Waals surface area contributed by atoms with Gasteiger partial charge in [-0.3, -0.25) is 0 Å². The van der Waals surface area contributed by atoms with Crippen molar-refractivity contribution in [1.82, 2.24) is 5.32 Å². The van der Waals surface area contributed by atoms with Gasteiger partial charge in [0.1, 0.15) is 5.75 Å². The number of ether oxygens (including phenoxy) is 1. The minimum absolute atomic E-state index is 0.498. The molecule has 1 aliphatic rings. The van der Waals surface area contributed by atoms with E-state index in [9.17, 15) is 0 Å². The minimum atomic E-state index is 0.498. The summed E-state index contributed by atoms with van der Waals surface area (Å²) in [7, 11) is 1.75. The van der Waals surface area contributed by atoms with Crippen LogP contribution in [0.4, 0.5) is 0 Å². The molecule has 2 heteroatoms. The third-order valence-corrected chi connectivity index (χ3v) is 4.57. The Kier molecular flexibility index (Phi) is 6.10. The summed E-state index contributed by atoms with van der Waals surface area (Å²) >= 11 is 0. The maximum Gasteiger partial charge on any atom is 0.119 e. The second-order valence-corrected chi connectivity index (χ2v) is 6.90. The van der Waals surface area contributed by atoms with E-state index in [1.165, 1.54) is 49.7 Å². The molecule has 0 radical (unpaired) electrons. The number of benzene rings is 1. The van der Waals surface area contributed by atoms with Crippen LogP contribution >= 0.6 is 0 Å². The van der Waals surface area contributed by atoms with Crippen molar-refractivity contribution in [3.63, 3.8) is 0 Å². The van der Waals surface area contributed by atoms with Crippen LogP contribution in [0.3, 0.4) is 0 Å². The molecule has 1 N–H and O–H groups in total. The maximum absolute atomic E-state index is 5.40. The Morgan fingerprint density at radius 1 is 1.24 bits per heavy atom. The molecule has 1 aliphatic carbocycles. The van der Waals surface area contributed by atoms with E-state index >= 15 is 0 Å². The van der Waals surface area contributed by atoms with Crippen molar-refractivity contribution in [1.29, 1.82) is 0 Å². The number of fused-ring (bicyclic) bond motifs is 1. The summed E-state index contributed by atoms with van der Waals surface area (Å²) in [4.78, 5) is 0. The third-order valence-electron chi connectivity index (χ3n) is 4.57. The van der Waals surface area contributed by atoms with Crippen molar-refractivity contribution in [2.45, 2.75) is 71.4 Å². The fraction of sp³-hybridized carbons (Fsp3) is 0.684. The van der Waals surface area contributed by atoms with Gasteiger partial charge in [0.2, 0.25) is 0 Å². The van der Waals surface area contributed by atoms with Gasteiger partial charge in [-0.05, 0) is 61.8 Å². The second-order valence-electron chi connectivity index (χ2n) is 6.90. The number of hydrogen-bond donors (Lipinski definition) is 1. The molecule has 21 heavy (non-hydrogen) atoms. The van der Waals surface area contributed by atoms with E-state index in [1.807, 2.05) is 0 Å². The Morgan fingerprint density at radius 3 is 2.76 bits per heavy atom. The van der Waals surface area contributed by atoms with Gasteiger partial charge >= 0.3 is 0 Å². The van der Waals surface area contributed by atoms with Crippen LogP contribution in [0.1, 0.15) is 70.0 Å². The number of nitrogens with one attached hydrogen (secondary N) is 1. The van der Waals surface area contributed by atoms with E-state index in [0.717, 1.165) is 11.7 Å². The topological polar surface area (TPSA) is 21.3 Å². The summed E-state index contributed by atoms with van der Waals surface area (Å²) < 4.78 is 5.40. The monoisotopic (exact) mass is 289 g/mol. The van der Waals surface area contributed by atoms with Crippen molar-refractivity contribution >= 4 is 0 Å². The largest absolute Gasteiger partial charge is 0.497 e. The molecule has 0 aliphatic heterocycles. The molecule has 0 spiro atoms. The van der Waals surface area contributed by atoms with Crippen LogP contribution in [-0.4, -0.2) is 13.2 Å². The number of aryl methyl sites for hydroxylation is 1. The Hall–Kier alpha value is -1.02. The molecule has 1 aromatic rings. The Morgan fingerprint density at radius 2 is 2.05 bits per heavy atom. The highest BCUT2D eigenvalue weighted by molar-refractivity contribution is 5.39. The molecule has 1 aromatic carbocycles. The van der Waals surface area contributed by atoms with Crippen molar-refractivity contribution in [2.75, 3.05) is 7.11 Å². The van der Waals surface area contributed by atoms with Crippen LogP contribution < -0.4 is 10.1 Å². The quantitative estimate of drug-likeness (QED) is 0.772. The lowest BCUT2D eigenvalue weighted by Gasteiger charge is -2.30. The Balaban J connectivity index is 1.95. The zero-order chi connectivity index (χ0) is 15.2. The van der Waals surface area contributed by atoms with E-state index < -0.39 is 0 Å². The SMILES string of the molecule is COc1ccc2c(c1)C(NC(C)CCCC(C)C)CCC2. The molecule has 0 bridgehead atoms. The number of methoxy groups -OCH3 is 1. The van der Waals surface area contributed by atoms with Gasteiger partial charge in [0, 0.05) is 12.1 Å². The second kappa shape index (κ2) is 7.84.